The van der Waals surface area contributed by atoms with Crippen molar-refractivity contribution in [3.8, 4) is 0 Å². The van der Waals surface area contributed by atoms with Crippen LogP contribution in [0.1, 0.15) is 36.4 Å². The lowest BCUT2D eigenvalue weighted by Gasteiger charge is -2.34. The molecule has 2 N–H and O–H groups in total. The highest BCUT2D eigenvalue weighted by Crippen LogP contribution is 2.38. The standard InChI is InChI=1S/C21H20N2O/c24-21-22-19(16-10-5-2-6-11-16)18-13-7-12-17(20(18)23-21)14-15-8-3-1-4-9-15/h1-6,8-11,14,19H,7,12-13H2,(H2,22,23,24)/b17-14-/t19-/m0/s1. The van der Waals surface area contributed by atoms with E-state index in [9.17, 15) is 4.79 Å². The van der Waals surface area contributed by atoms with E-state index in [1.165, 1.54) is 16.7 Å². The minimum Gasteiger partial charge on any atom is -0.327 e. The van der Waals surface area contributed by atoms with Gasteiger partial charge in [-0.15, -0.1) is 0 Å². The number of amides is 2. The number of urea groups is 1. The summed E-state index contributed by atoms with van der Waals surface area (Å²) < 4.78 is 0. The fourth-order valence-electron chi connectivity index (χ4n) is 3.57. The van der Waals surface area contributed by atoms with Crippen LogP contribution in [0.25, 0.3) is 6.08 Å². The van der Waals surface area contributed by atoms with Crippen molar-refractivity contribution in [2.24, 2.45) is 0 Å². The molecule has 4 rings (SSSR count). The summed E-state index contributed by atoms with van der Waals surface area (Å²) in [5.74, 6) is 0. The molecule has 0 saturated heterocycles. The van der Waals surface area contributed by atoms with E-state index < -0.39 is 0 Å². The molecule has 2 amide bonds. The number of allylic oxidation sites excluding steroid dienone is 1. The van der Waals surface area contributed by atoms with Crippen LogP contribution in [-0.2, 0) is 0 Å². The Morgan fingerprint density at radius 3 is 2.38 bits per heavy atom. The molecule has 0 fully saturated rings. The normalized spacial score (nSPS) is 21.9. The molecule has 0 spiro atoms. The van der Waals surface area contributed by atoms with Crippen LogP contribution in [0.4, 0.5) is 4.79 Å². The number of carbonyl (C=O) groups excluding carboxylic acids is 1. The first kappa shape index (κ1) is 14.8. The van der Waals surface area contributed by atoms with E-state index in [4.69, 9.17) is 0 Å². The maximum Gasteiger partial charge on any atom is 0.319 e. The molecule has 0 unspecified atom stereocenters. The van der Waals surface area contributed by atoms with E-state index in [-0.39, 0.29) is 12.1 Å². The topological polar surface area (TPSA) is 41.1 Å². The molecular weight excluding hydrogens is 296 g/mol. The predicted molar refractivity (Wildman–Crippen MR) is 96.1 cm³/mol. The van der Waals surface area contributed by atoms with Gasteiger partial charge in [0.2, 0.25) is 0 Å². The molecular formula is C21H20N2O. The van der Waals surface area contributed by atoms with Gasteiger partial charge in [0, 0.05) is 5.70 Å². The second-order valence-electron chi connectivity index (χ2n) is 6.28. The van der Waals surface area contributed by atoms with Crippen LogP contribution >= 0.6 is 0 Å². The maximum atomic E-state index is 12.2. The van der Waals surface area contributed by atoms with Crippen molar-refractivity contribution in [3.63, 3.8) is 0 Å². The Morgan fingerprint density at radius 2 is 1.62 bits per heavy atom. The molecule has 1 aliphatic heterocycles. The van der Waals surface area contributed by atoms with Crippen LogP contribution in [0.2, 0.25) is 0 Å². The number of benzene rings is 2. The molecule has 1 aliphatic carbocycles. The zero-order valence-electron chi connectivity index (χ0n) is 13.5. The molecule has 2 aromatic carbocycles. The minimum atomic E-state index is -0.122. The van der Waals surface area contributed by atoms with Crippen LogP contribution in [0.15, 0.2) is 77.5 Å². The molecule has 2 aliphatic rings. The van der Waals surface area contributed by atoms with Gasteiger partial charge in [0.25, 0.3) is 0 Å². The summed E-state index contributed by atoms with van der Waals surface area (Å²) in [4.78, 5) is 12.2. The molecule has 2 aromatic rings. The molecule has 0 saturated carbocycles. The molecule has 1 atom stereocenters. The third kappa shape index (κ3) is 2.85. The van der Waals surface area contributed by atoms with E-state index in [1.54, 1.807) is 0 Å². The van der Waals surface area contributed by atoms with Gasteiger partial charge in [-0.05, 0) is 47.6 Å². The zero-order valence-corrected chi connectivity index (χ0v) is 13.5. The smallest absolute Gasteiger partial charge is 0.319 e. The highest BCUT2D eigenvalue weighted by atomic mass is 16.2. The summed E-state index contributed by atoms with van der Waals surface area (Å²) in [6, 6.07) is 20.3. The van der Waals surface area contributed by atoms with E-state index in [1.807, 2.05) is 36.4 Å². The first-order valence-electron chi connectivity index (χ1n) is 8.43. The van der Waals surface area contributed by atoms with Gasteiger partial charge in [0.1, 0.15) is 0 Å². The van der Waals surface area contributed by atoms with Gasteiger partial charge in [-0.25, -0.2) is 4.79 Å². The second-order valence-corrected chi connectivity index (χ2v) is 6.28. The van der Waals surface area contributed by atoms with Crippen LogP contribution in [0.3, 0.4) is 0 Å². The highest BCUT2D eigenvalue weighted by molar-refractivity contribution is 5.81. The van der Waals surface area contributed by atoms with Crippen LogP contribution in [0.5, 0.6) is 0 Å². The van der Waals surface area contributed by atoms with Crippen LogP contribution in [0, 0.1) is 0 Å². The van der Waals surface area contributed by atoms with Crippen LogP contribution in [-0.4, -0.2) is 6.03 Å². The van der Waals surface area contributed by atoms with Gasteiger partial charge < -0.3 is 10.6 Å². The quantitative estimate of drug-likeness (QED) is 0.837. The van der Waals surface area contributed by atoms with Crippen molar-refractivity contribution in [1.29, 1.82) is 0 Å². The van der Waals surface area contributed by atoms with Crippen molar-refractivity contribution in [1.82, 2.24) is 10.6 Å². The Kier molecular flexibility index (Phi) is 3.91. The van der Waals surface area contributed by atoms with Gasteiger partial charge in [-0.1, -0.05) is 60.7 Å². The largest absolute Gasteiger partial charge is 0.327 e. The lowest BCUT2D eigenvalue weighted by atomic mass is 9.83. The third-order valence-corrected chi connectivity index (χ3v) is 4.67. The fraction of sp³-hybridized carbons (Fsp3) is 0.190. The van der Waals surface area contributed by atoms with Gasteiger partial charge in [-0.3, -0.25) is 0 Å². The lowest BCUT2D eigenvalue weighted by molar-refractivity contribution is 0.238. The molecule has 3 heteroatoms. The summed E-state index contributed by atoms with van der Waals surface area (Å²) in [6.07, 6.45) is 5.31. The Hall–Kier alpha value is -2.81. The van der Waals surface area contributed by atoms with Gasteiger partial charge >= 0.3 is 6.03 Å². The Morgan fingerprint density at radius 1 is 0.917 bits per heavy atom. The van der Waals surface area contributed by atoms with E-state index in [2.05, 4.69) is 41.0 Å². The Bertz CT molecular complexity index is 806. The van der Waals surface area contributed by atoms with E-state index in [0.29, 0.717) is 0 Å². The first-order valence-corrected chi connectivity index (χ1v) is 8.43. The maximum absolute atomic E-state index is 12.2. The van der Waals surface area contributed by atoms with Crippen LogP contribution < -0.4 is 10.6 Å². The number of hydrogen-bond donors (Lipinski definition) is 2. The van der Waals surface area contributed by atoms with E-state index >= 15 is 0 Å². The number of hydrogen-bond acceptors (Lipinski definition) is 1. The first-order chi connectivity index (χ1) is 11.8. The van der Waals surface area contributed by atoms with E-state index in [0.717, 1.165) is 30.5 Å². The van der Waals surface area contributed by atoms with Gasteiger partial charge in [-0.2, -0.15) is 0 Å². The fourth-order valence-corrected chi connectivity index (χ4v) is 3.57. The number of carbonyl (C=O) groups is 1. The highest BCUT2D eigenvalue weighted by Gasteiger charge is 2.31. The van der Waals surface area contributed by atoms with Gasteiger partial charge in [0.15, 0.2) is 0 Å². The molecule has 0 aromatic heterocycles. The molecule has 3 nitrogen and oxygen atoms in total. The monoisotopic (exact) mass is 316 g/mol. The van der Waals surface area contributed by atoms with Crippen molar-refractivity contribution >= 4 is 12.1 Å². The van der Waals surface area contributed by atoms with Crippen molar-refractivity contribution in [2.45, 2.75) is 25.3 Å². The molecule has 1 heterocycles. The minimum absolute atomic E-state index is 0.0329. The second kappa shape index (κ2) is 6.36. The average Bonchev–Trinajstić information content (AvgIpc) is 2.63. The Labute approximate surface area is 142 Å². The van der Waals surface area contributed by atoms with Crippen molar-refractivity contribution in [2.75, 3.05) is 0 Å². The predicted octanol–water partition coefficient (Wildman–Crippen LogP) is 4.56. The molecule has 120 valence electrons. The summed E-state index contributed by atoms with van der Waals surface area (Å²) in [5, 5.41) is 6.13. The Balaban J connectivity index is 1.77. The SMILES string of the molecule is O=C1NC2=C(CCC/C2=C/c2ccccc2)[C@H](c2ccccc2)N1. The zero-order chi connectivity index (χ0) is 16.4. The van der Waals surface area contributed by atoms with Crippen molar-refractivity contribution < 1.29 is 4.79 Å². The lowest BCUT2D eigenvalue weighted by Crippen LogP contribution is -2.45. The van der Waals surface area contributed by atoms with Gasteiger partial charge in [0.05, 0.1) is 6.04 Å². The summed E-state index contributed by atoms with van der Waals surface area (Å²) in [5.41, 5.74) is 5.83. The van der Waals surface area contributed by atoms with Crippen molar-refractivity contribution in [3.05, 3.63) is 88.6 Å². The molecule has 24 heavy (non-hydrogen) atoms. The summed E-state index contributed by atoms with van der Waals surface area (Å²) in [7, 11) is 0. The summed E-state index contributed by atoms with van der Waals surface area (Å²) >= 11 is 0. The third-order valence-electron chi connectivity index (χ3n) is 4.67. The molecule has 0 radical (unpaired) electrons. The number of nitrogens with one attached hydrogen (secondary N) is 2. The average molecular weight is 316 g/mol. The summed E-state index contributed by atoms with van der Waals surface area (Å²) in [6.45, 7) is 0. The molecule has 0 bridgehead atoms. The number of rotatable bonds is 2.